The Balaban J connectivity index is 2.09. The number of aliphatic hydroxyl groups is 5. The molecule has 0 bridgehead atoms. The summed E-state index contributed by atoms with van der Waals surface area (Å²) in [6, 6.07) is 3.56. The largest absolute Gasteiger partial charge is 0.504 e. The van der Waals surface area contributed by atoms with Gasteiger partial charge in [0.05, 0.1) is 14.2 Å². The van der Waals surface area contributed by atoms with E-state index in [4.69, 9.17) is 14.2 Å². The Bertz CT molecular complexity index is 962. The Labute approximate surface area is 187 Å². The molecule has 33 heavy (non-hydrogen) atoms. The molecule has 0 amide bonds. The molecule has 0 aliphatic rings. The van der Waals surface area contributed by atoms with Gasteiger partial charge in [-0.25, -0.2) is 0 Å². The van der Waals surface area contributed by atoms with Gasteiger partial charge in [0.2, 0.25) is 17.2 Å². The first-order valence-corrected chi connectivity index (χ1v) is 9.42. The van der Waals surface area contributed by atoms with Crippen LogP contribution in [0.15, 0.2) is 18.2 Å². The van der Waals surface area contributed by atoms with Gasteiger partial charge in [0.25, 0.3) is 11.7 Å². The van der Waals surface area contributed by atoms with E-state index in [2.05, 4.69) is 0 Å². The quantitative estimate of drug-likeness (QED) is 0.110. The fourth-order valence-corrected chi connectivity index (χ4v) is 2.80. The molecular weight excluding hydrogens is 446 g/mol. The first kappa shape index (κ1) is 26.1. The molecule has 184 valence electrons. The van der Waals surface area contributed by atoms with E-state index in [0.717, 1.165) is 12.1 Å². The van der Waals surface area contributed by atoms with Crippen molar-refractivity contribution in [2.45, 2.75) is 24.7 Å². The highest BCUT2D eigenvalue weighted by molar-refractivity contribution is 5.67. The van der Waals surface area contributed by atoms with Crippen LogP contribution < -0.4 is 19.5 Å². The summed E-state index contributed by atoms with van der Waals surface area (Å²) in [6.07, 6.45) is -1.54. The number of phenolic OH excluding ortho intramolecular Hbond substituents is 4. The van der Waals surface area contributed by atoms with E-state index < -0.39 is 59.7 Å². The molecule has 0 spiro atoms. The van der Waals surface area contributed by atoms with E-state index in [-0.39, 0.29) is 22.6 Å². The summed E-state index contributed by atoms with van der Waals surface area (Å²) in [5.74, 6) is -10.3. The number of nitrogens with one attached hydrogen (secondary N) is 1. The van der Waals surface area contributed by atoms with Crippen molar-refractivity contribution in [2.75, 3.05) is 27.4 Å². The van der Waals surface area contributed by atoms with Crippen molar-refractivity contribution in [3.8, 4) is 40.2 Å². The zero-order valence-electron chi connectivity index (χ0n) is 18.0. The van der Waals surface area contributed by atoms with Gasteiger partial charge in [0.1, 0.15) is 12.7 Å². The molecule has 13 heteroatoms. The molecule has 2 rings (SSSR count). The zero-order chi connectivity index (χ0) is 25.1. The topological polar surface area (TPSA) is 222 Å². The van der Waals surface area contributed by atoms with Gasteiger partial charge in [-0.3, -0.25) is 5.32 Å². The van der Waals surface area contributed by atoms with Gasteiger partial charge in [0.15, 0.2) is 23.0 Å². The van der Waals surface area contributed by atoms with Gasteiger partial charge in [-0.1, -0.05) is 0 Å². The van der Waals surface area contributed by atoms with E-state index in [1.807, 2.05) is 5.32 Å². The summed E-state index contributed by atoms with van der Waals surface area (Å²) in [4.78, 5) is 0. The lowest BCUT2D eigenvalue weighted by Crippen LogP contribution is -2.62. The molecule has 13 nitrogen and oxygen atoms in total. The average molecular weight is 473 g/mol. The maximum absolute atomic E-state index is 10.3. The zero-order valence-corrected chi connectivity index (χ0v) is 18.0. The minimum atomic E-state index is -3.37. The molecule has 1 unspecified atom stereocenters. The molecule has 0 aromatic heterocycles. The minimum Gasteiger partial charge on any atom is -0.504 e. The molecule has 0 saturated carbocycles. The first-order valence-electron chi connectivity index (χ1n) is 9.42. The van der Waals surface area contributed by atoms with E-state index >= 15 is 0 Å². The highest BCUT2D eigenvalue weighted by Gasteiger charge is 2.49. The summed E-state index contributed by atoms with van der Waals surface area (Å²) < 4.78 is 15.1. The number of hydrogen-bond acceptors (Lipinski definition) is 13. The second kappa shape index (κ2) is 9.74. The fraction of sp³-hybridized carbons (Fsp3) is 0.400. The lowest BCUT2D eigenvalue weighted by Gasteiger charge is -2.36. The highest BCUT2D eigenvalue weighted by Crippen LogP contribution is 2.51. The van der Waals surface area contributed by atoms with Crippen LogP contribution in [-0.4, -0.2) is 85.3 Å². The number of rotatable bonds is 10. The predicted molar refractivity (Wildman–Crippen MR) is 110 cm³/mol. The molecule has 1 atom stereocenters. The molecule has 0 aliphatic carbocycles. The van der Waals surface area contributed by atoms with Crippen LogP contribution in [-0.2, 0) is 5.79 Å². The second-order valence-corrected chi connectivity index (χ2v) is 7.11. The van der Waals surface area contributed by atoms with Crippen LogP contribution >= 0.6 is 0 Å². The molecule has 0 fully saturated rings. The van der Waals surface area contributed by atoms with Crippen molar-refractivity contribution < 1.29 is 60.2 Å². The van der Waals surface area contributed by atoms with Gasteiger partial charge in [-0.05, 0) is 25.1 Å². The first-order chi connectivity index (χ1) is 15.3. The summed E-state index contributed by atoms with van der Waals surface area (Å²) >= 11 is 0. The normalized spacial score (nSPS) is 13.0. The van der Waals surface area contributed by atoms with Crippen LogP contribution in [0, 0.1) is 6.92 Å². The Morgan fingerprint density at radius 2 is 1.48 bits per heavy atom. The Hall–Kier alpha value is -3.20. The lowest BCUT2D eigenvalue weighted by atomic mass is 10.0. The number of aromatic hydroxyl groups is 4. The Morgan fingerprint density at radius 1 is 0.879 bits per heavy atom. The maximum atomic E-state index is 10.3. The van der Waals surface area contributed by atoms with Crippen molar-refractivity contribution in [3.63, 3.8) is 0 Å². The molecule has 0 saturated heterocycles. The van der Waals surface area contributed by atoms with E-state index in [1.165, 1.54) is 27.2 Å². The van der Waals surface area contributed by atoms with E-state index in [1.54, 1.807) is 0 Å². The molecule has 0 radical (unpaired) electrons. The summed E-state index contributed by atoms with van der Waals surface area (Å²) in [5.41, 5.74) is -0.578. The van der Waals surface area contributed by atoms with Gasteiger partial charge < -0.3 is 60.2 Å². The van der Waals surface area contributed by atoms with Crippen LogP contribution in [0.4, 0.5) is 0 Å². The van der Waals surface area contributed by atoms with E-state index in [9.17, 15) is 46.0 Å². The number of ether oxygens (including phenoxy) is 3. The van der Waals surface area contributed by atoms with Crippen LogP contribution in [0.1, 0.15) is 11.1 Å². The second-order valence-electron chi connectivity index (χ2n) is 7.11. The summed E-state index contributed by atoms with van der Waals surface area (Å²) in [6.45, 7) is -0.0986. The van der Waals surface area contributed by atoms with Crippen molar-refractivity contribution in [2.24, 2.45) is 0 Å². The standard InChI is InChI=1S/C20H27NO12/c1-9-14(23)16(25)17(26)18(15(9)24)33-8-11(22)7-21-20(29,30)19(27,28)10-4-5-12(31-2)13(6-10)32-3/h4-6,11,21-30H,7-8H2,1-3H3. The SMILES string of the molecule is COc1ccc(C(O)(O)C(O)(O)NCC(O)COc2c(O)c(C)c(O)c(O)c2O)cc1OC. The van der Waals surface area contributed by atoms with Crippen molar-refractivity contribution in [1.29, 1.82) is 0 Å². The molecular formula is C20H27NO12. The van der Waals surface area contributed by atoms with Crippen LogP contribution in [0.5, 0.6) is 40.2 Å². The Morgan fingerprint density at radius 3 is 2.06 bits per heavy atom. The number of benzene rings is 2. The van der Waals surface area contributed by atoms with Gasteiger partial charge in [0, 0.05) is 17.7 Å². The van der Waals surface area contributed by atoms with Crippen LogP contribution in [0.3, 0.4) is 0 Å². The smallest absolute Gasteiger partial charge is 0.284 e. The fourth-order valence-electron chi connectivity index (χ4n) is 2.80. The average Bonchev–Trinajstić information content (AvgIpc) is 2.79. The molecule has 0 heterocycles. The molecule has 0 aliphatic heterocycles. The summed E-state index contributed by atoms with van der Waals surface area (Å²) in [5, 5.41) is 92.0. The van der Waals surface area contributed by atoms with Gasteiger partial charge in [-0.2, -0.15) is 0 Å². The number of phenols is 4. The third-order valence-electron chi connectivity index (χ3n) is 4.87. The summed E-state index contributed by atoms with van der Waals surface area (Å²) in [7, 11) is 2.65. The van der Waals surface area contributed by atoms with Gasteiger partial charge >= 0.3 is 0 Å². The third-order valence-corrected chi connectivity index (χ3v) is 4.87. The van der Waals surface area contributed by atoms with Crippen molar-refractivity contribution in [1.82, 2.24) is 5.32 Å². The Kier molecular flexibility index (Phi) is 7.69. The van der Waals surface area contributed by atoms with Crippen molar-refractivity contribution >= 4 is 0 Å². The number of hydrogen-bond donors (Lipinski definition) is 10. The number of methoxy groups -OCH3 is 2. The monoisotopic (exact) mass is 473 g/mol. The minimum absolute atomic E-state index is 0.0822. The highest BCUT2D eigenvalue weighted by atomic mass is 16.6. The predicted octanol–water partition coefficient (Wildman–Crippen LogP) is -1.36. The maximum Gasteiger partial charge on any atom is 0.284 e. The van der Waals surface area contributed by atoms with E-state index in [0.29, 0.717) is 0 Å². The lowest BCUT2D eigenvalue weighted by molar-refractivity contribution is -0.379. The third kappa shape index (κ3) is 5.08. The molecule has 2 aromatic carbocycles. The van der Waals surface area contributed by atoms with Gasteiger partial charge in [-0.15, -0.1) is 0 Å². The van der Waals surface area contributed by atoms with Crippen molar-refractivity contribution in [3.05, 3.63) is 29.3 Å². The van der Waals surface area contributed by atoms with Crippen LogP contribution in [0.2, 0.25) is 0 Å². The van der Waals surface area contributed by atoms with Crippen LogP contribution in [0.25, 0.3) is 0 Å². The molecule has 10 N–H and O–H groups in total. The number of aliphatic hydroxyl groups excluding tert-OH is 1. The molecule has 2 aromatic rings.